The van der Waals surface area contributed by atoms with Gasteiger partial charge in [0.15, 0.2) is 5.96 Å². The summed E-state index contributed by atoms with van der Waals surface area (Å²) in [7, 11) is 1.85. The molecule has 1 aromatic heterocycles. The largest absolute Gasteiger partial charge is 0.357 e. The molecule has 0 fully saturated rings. The molecule has 2 aromatic rings. The van der Waals surface area contributed by atoms with Crippen molar-refractivity contribution in [3.05, 3.63) is 57.6 Å². The molecule has 1 aromatic carbocycles. The molecule has 0 amide bonds. The lowest BCUT2D eigenvalue weighted by Gasteiger charge is -2.12. The number of nitrogens with one attached hydrogen (secondary N) is 2. The van der Waals surface area contributed by atoms with E-state index in [0.29, 0.717) is 29.2 Å². The first-order valence-electron chi connectivity index (χ1n) is 7.27. The third kappa shape index (κ3) is 5.82. The van der Waals surface area contributed by atoms with Crippen LogP contribution in [0, 0.1) is 5.82 Å². The van der Waals surface area contributed by atoms with Gasteiger partial charge in [-0.05, 0) is 30.7 Å². The van der Waals surface area contributed by atoms with Crippen LogP contribution in [-0.2, 0) is 20.1 Å². The van der Waals surface area contributed by atoms with E-state index in [-0.39, 0.29) is 29.8 Å². The molecule has 2 rings (SSSR count). The summed E-state index contributed by atoms with van der Waals surface area (Å²) in [6, 6.07) is 8.22. The van der Waals surface area contributed by atoms with Crippen molar-refractivity contribution in [2.24, 2.45) is 12.0 Å². The molecule has 2 N–H and O–H groups in total. The van der Waals surface area contributed by atoms with Crippen LogP contribution in [0.25, 0.3) is 0 Å². The molecule has 0 aliphatic rings. The number of aromatic nitrogens is 1. The molecular weight excluding hydrogens is 465 g/mol. The van der Waals surface area contributed by atoms with Gasteiger partial charge in [0.2, 0.25) is 0 Å². The lowest BCUT2D eigenvalue weighted by atomic mass is 10.2. The van der Waals surface area contributed by atoms with Crippen LogP contribution in [0.1, 0.15) is 18.2 Å². The second-order valence-electron chi connectivity index (χ2n) is 5.01. The molecule has 0 spiro atoms. The smallest absolute Gasteiger partial charge is 0.191 e. The van der Waals surface area contributed by atoms with Crippen molar-refractivity contribution in [3.63, 3.8) is 0 Å². The Bertz CT molecular complexity index is 703. The van der Waals surface area contributed by atoms with E-state index in [2.05, 4.69) is 15.6 Å². The normalized spacial score (nSPS) is 11.1. The molecule has 24 heavy (non-hydrogen) atoms. The van der Waals surface area contributed by atoms with Gasteiger partial charge in [0, 0.05) is 19.3 Å². The average Bonchev–Trinajstić information content (AvgIpc) is 2.77. The first-order chi connectivity index (χ1) is 11.0. The minimum atomic E-state index is -0.260. The van der Waals surface area contributed by atoms with E-state index in [0.717, 1.165) is 17.8 Å². The average molecular weight is 485 g/mol. The molecule has 4 nitrogen and oxygen atoms in total. The van der Waals surface area contributed by atoms with Crippen molar-refractivity contribution in [2.75, 3.05) is 6.54 Å². The van der Waals surface area contributed by atoms with Gasteiger partial charge in [-0.3, -0.25) is 0 Å². The van der Waals surface area contributed by atoms with E-state index in [9.17, 15) is 4.39 Å². The van der Waals surface area contributed by atoms with Gasteiger partial charge in [-0.25, -0.2) is 9.38 Å². The second kappa shape index (κ2) is 10.1. The zero-order valence-corrected chi connectivity index (χ0v) is 17.3. The molecule has 0 atom stereocenters. The lowest BCUT2D eigenvalue weighted by molar-refractivity contribution is 0.625. The van der Waals surface area contributed by atoms with E-state index >= 15 is 0 Å². The molecule has 0 aliphatic heterocycles. The van der Waals surface area contributed by atoms with Crippen LogP contribution >= 0.6 is 47.2 Å². The predicted octanol–water partition coefficient (Wildman–Crippen LogP) is 4.34. The molecule has 1 heterocycles. The fourth-order valence-electron chi connectivity index (χ4n) is 2.08. The summed E-state index contributed by atoms with van der Waals surface area (Å²) in [5.74, 6) is 0.383. The molecule has 0 saturated carbocycles. The van der Waals surface area contributed by atoms with Crippen molar-refractivity contribution in [3.8, 4) is 0 Å². The van der Waals surface area contributed by atoms with Crippen LogP contribution in [0.3, 0.4) is 0 Å². The van der Waals surface area contributed by atoms with E-state index < -0.39 is 0 Å². The van der Waals surface area contributed by atoms with Crippen molar-refractivity contribution >= 4 is 53.1 Å². The quantitative estimate of drug-likeness (QED) is 0.376. The Balaban J connectivity index is 0.00000288. The molecular formula is C16H20Cl2FIN4. The summed E-state index contributed by atoms with van der Waals surface area (Å²) in [6.07, 6.45) is 0. The second-order valence-corrected chi connectivity index (χ2v) is 5.78. The fraction of sp³-hybridized carbons (Fsp3) is 0.312. The van der Waals surface area contributed by atoms with Crippen LogP contribution in [-0.4, -0.2) is 17.1 Å². The number of rotatable bonds is 5. The maximum absolute atomic E-state index is 13.2. The van der Waals surface area contributed by atoms with Crippen molar-refractivity contribution < 1.29 is 4.39 Å². The highest BCUT2D eigenvalue weighted by Gasteiger charge is 2.09. The number of halogens is 4. The molecule has 0 unspecified atom stereocenters. The van der Waals surface area contributed by atoms with Gasteiger partial charge in [-0.1, -0.05) is 35.3 Å². The van der Waals surface area contributed by atoms with Crippen LogP contribution in [0.2, 0.25) is 10.2 Å². The minimum absolute atomic E-state index is 0. The van der Waals surface area contributed by atoms with Crippen LogP contribution in [0.15, 0.2) is 35.3 Å². The van der Waals surface area contributed by atoms with Crippen LogP contribution in [0.5, 0.6) is 0 Å². The Morgan fingerprint density at radius 3 is 2.58 bits per heavy atom. The summed E-state index contributed by atoms with van der Waals surface area (Å²) in [6.45, 7) is 3.62. The zero-order valence-electron chi connectivity index (χ0n) is 13.4. The fourth-order valence-corrected chi connectivity index (χ4v) is 2.50. The van der Waals surface area contributed by atoms with Gasteiger partial charge in [-0.2, -0.15) is 0 Å². The predicted molar refractivity (Wildman–Crippen MR) is 109 cm³/mol. The lowest BCUT2D eigenvalue weighted by Crippen LogP contribution is -2.37. The molecule has 0 aliphatic carbocycles. The summed E-state index contributed by atoms with van der Waals surface area (Å²) in [5.41, 5.74) is 1.75. The molecule has 0 saturated heterocycles. The van der Waals surface area contributed by atoms with Gasteiger partial charge in [-0.15, -0.1) is 24.0 Å². The van der Waals surface area contributed by atoms with Gasteiger partial charge in [0.25, 0.3) is 0 Å². The van der Waals surface area contributed by atoms with Gasteiger partial charge < -0.3 is 15.2 Å². The third-order valence-electron chi connectivity index (χ3n) is 3.31. The molecule has 132 valence electrons. The Morgan fingerprint density at radius 1 is 1.25 bits per heavy atom. The third-order valence-corrected chi connectivity index (χ3v) is 4.15. The zero-order chi connectivity index (χ0) is 16.8. The molecule has 8 heteroatoms. The molecule has 0 radical (unpaired) electrons. The highest BCUT2D eigenvalue weighted by Crippen LogP contribution is 2.24. The number of hydrogen-bond donors (Lipinski definition) is 2. The molecule has 0 bridgehead atoms. The van der Waals surface area contributed by atoms with Crippen LogP contribution in [0.4, 0.5) is 4.39 Å². The number of benzene rings is 1. The van der Waals surface area contributed by atoms with Gasteiger partial charge >= 0.3 is 0 Å². The van der Waals surface area contributed by atoms with Crippen LogP contribution < -0.4 is 10.6 Å². The topological polar surface area (TPSA) is 41.4 Å². The Hall–Kier alpha value is -0.990. The Morgan fingerprint density at radius 2 is 2.00 bits per heavy atom. The number of nitrogens with zero attached hydrogens (tertiary/aromatic N) is 2. The van der Waals surface area contributed by atoms with Crippen molar-refractivity contribution in [1.29, 1.82) is 0 Å². The maximum atomic E-state index is 13.2. The highest BCUT2D eigenvalue weighted by atomic mass is 127. The Kier molecular flexibility index (Phi) is 8.86. The van der Waals surface area contributed by atoms with Crippen molar-refractivity contribution in [2.45, 2.75) is 20.0 Å². The first-order valence-corrected chi connectivity index (χ1v) is 8.03. The van der Waals surface area contributed by atoms with Gasteiger partial charge in [0.05, 0.1) is 18.1 Å². The Labute approximate surface area is 168 Å². The van der Waals surface area contributed by atoms with E-state index in [1.54, 1.807) is 6.07 Å². The summed E-state index contributed by atoms with van der Waals surface area (Å²) in [5, 5.41) is 7.38. The van der Waals surface area contributed by atoms with E-state index in [1.165, 1.54) is 12.1 Å². The number of guanidine groups is 1. The highest BCUT2D eigenvalue weighted by molar-refractivity contribution is 14.0. The van der Waals surface area contributed by atoms with E-state index in [4.69, 9.17) is 23.2 Å². The number of hydrogen-bond acceptors (Lipinski definition) is 1. The standard InChI is InChI=1S/C16H19Cl2FN4.HI/c1-3-20-16(21-9-11-5-4-6-12(19)7-11)22-10-13-8-14(17)15(18)23(13)2;/h4-8H,3,9-10H2,1-2H3,(H2,20,21,22);1H. The monoisotopic (exact) mass is 484 g/mol. The van der Waals surface area contributed by atoms with E-state index in [1.807, 2.05) is 30.7 Å². The summed E-state index contributed by atoms with van der Waals surface area (Å²) >= 11 is 12.1. The summed E-state index contributed by atoms with van der Waals surface area (Å²) in [4.78, 5) is 4.45. The minimum Gasteiger partial charge on any atom is -0.357 e. The van der Waals surface area contributed by atoms with Gasteiger partial charge in [0.1, 0.15) is 11.0 Å². The first kappa shape index (κ1) is 21.1. The summed E-state index contributed by atoms with van der Waals surface area (Å²) < 4.78 is 15.0. The SMILES string of the molecule is CCNC(=NCc1cccc(F)c1)NCc1cc(Cl)c(Cl)n1C.I. The van der Waals surface area contributed by atoms with Crippen molar-refractivity contribution in [1.82, 2.24) is 15.2 Å². The maximum Gasteiger partial charge on any atom is 0.191 e. The number of aliphatic imine (C=N–C) groups is 1.